The van der Waals surface area contributed by atoms with Gasteiger partial charge in [0.1, 0.15) is 5.75 Å². The summed E-state index contributed by atoms with van der Waals surface area (Å²) in [6.07, 6.45) is 0. The number of ether oxygens (including phenoxy) is 2. The largest absolute Gasteiger partial charge is 0.496 e. The first-order valence-corrected chi connectivity index (χ1v) is 8.71. The second-order valence-electron chi connectivity index (χ2n) is 5.26. The summed E-state index contributed by atoms with van der Waals surface area (Å²) in [6, 6.07) is 4.77. The van der Waals surface area contributed by atoms with Crippen molar-refractivity contribution >= 4 is 34.6 Å². The highest BCUT2D eigenvalue weighted by Crippen LogP contribution is 2.23. The zero-order valence-corrected chi connectivity index (χ0v) is 16.0. The Bertz CT molecular complexity index is 870. The molecule has 0 bridgehead atoms. The van der Waals surface area contributed by atoms with Gasteiger partial charge >= 0.3 is 0 Å². The standard InChI is InChI=1S/C17H19ClN2O4S/c1-10-15(11(2)21)25-17(20(10)7-8-23-3)19-16(22)13-9-12(18)5-6-14(13)24-4/h5-6,9H,7-8H2,1-4H3. The van der Waals surface area contributed by atoms with Gasteiger partial charge in [0, 0.05) is 31.3 Å². The van der Waals surface area contributed by atoms with Gasteiger partial charge in [-0.3, -0.25) is 9.59 Å². The lowest BCUT2D eigenvalue weighted by molar-refractivity contribution is 0.0992. The maximum Gasteiger partial charge on any atom is 0.283 e. The van der Waals surface area contributed by atoms with Gasteiger partial charge in [-0.15, -0.1) is 0 Å². The molecule has 0 aliphatic carbocycles. The van der Waals surface area contributed by atoms with Crippen molar-refractivity contribution in [2.45, 2.75) is 20.4 Å². The number of halogens is 1. The third-order valence-corrected chi connectivity index (χ3v) is 5.10. The minimum atomic E-state index is -0.484. The molecule has 1 aromatic heterocycles. The number of carbonyl (C=O) groups is 2. The first-order valence-electron chi connectivity index (χ1n) is 7.51. The van der Waals surface area contributed by atoms with E-state index in [1.165, 1.54) is 31.4 Å². The summed E-state index contributed by atoms with van der Waals surface area (Å²) >= 11 is 7.16. The Morgan fingerprint density at radius 1 is 1.32 bits per heavy atom. The van der Waals surface area contributed by atoms with E-state index < -0.39 is 5.91 Å². The minimum absolute atomic E-state index is 0.0668. The number of Topliss-reactive ketones (excluding diaryl/α,β-unsaturated/α-hetero) is 1. The summed E-state index contributed by atoms with van der Waals surface area (Å²) in [5.41, 5.74) is 1.03. The molecule has 0 N–H and O–H groups in total. The van der Waals surface area contributed by atoms with Crippen molar-refractivity contribution in [3.05, 3.63) is 44.2 Å². The van der Waals surface area contributed by atoms with Crippen LogP contribution in [0.25, 0.3) is 0 Å². The monoisotopic (exact) mass is 382 g/mol. The zero-order valence-electron chi connectivity index (χ0n) is 14.5. The van der Waals surface area contributed by atoms with E-state index in [1.807, 2.05) is 6.92 Å². The van der Waals surface area contributed by atoms with Gasteiger partial charge < -0.3 is 14.0 Å². The van der Waals surface area contributed by atoms with Crippen LogP contribution < -0.4 is 9.54 Å². The Hall–Kier alpha value is -1.96. The zero-order chi connectivity index (χ0) is 18.6. The Labute approximate surface area is 154 Å². The topological polar surface area (TPSA) is 69.9 Å². The van der Waals surface area contributed by atoms with Crippen molar-refractivity contribution in [3.63, 3.8) is 0 Å². The van der Waals surface area contributed by atoms with Crippen LogP contribution in [0.5, 0.6) is 5.75 Å². The van der Waals surface area contributed by atoms with Crippen molar-refractivity contribution in [2.24, 2.45) is 4.99 Å². The van der Waals surface area contributed by atoms with E-state index >= 15 is 0 Å². The molecule has 0 aliphatic heterocycles. The number of aromatic nitrogens is 1. The van der Waals surface area contributed by atoms with Crippen LogP contribution >= 0.6 is 22.9 Å². The molecule has 0 unspecified atom stereocenters. The second-order valence-corrected chi connectivity index (χ2v) is 6.68. The highest BCUT2D eigenvalue weighted by atomic mass is 35.5. The number of carbonyl (C=O) groups excluding carboxylic acids is 2. The van der Waals surface area contributed by atoms with E-state index in [2.05, 4.69) is 4.99 Å². The number of nitrogens with zero attached hydrogens (tertiary/aromatic N) is 2. The number of rotatable bonds is 6. The summed E-state index contributed by atoms with van der Waals surface area (Å²) in [4.78, 5) is 29.6. The number of methoxy groups -OCH3 is 2. The highest BCUT2D eigenvalue weighted by Gasteiger charge is 2.16. The van der Waals surface area contributed by atoms with Crippen LogP contribution in [0.4, 0.5) is 0 Å². The van der Waals surface area contributed by atoms with Crippen molar-refractivity contribution in [1.29, 1.82) is 0 Å². The maximum atomic E-state index is 12.6. The first-order chi connectivity index (χ1) is 11.9. The number of ketones is 1. The van der Waals surface area contributed by atoms with Gasteiger partial charge in [-0.25, -0.2) is 0 Å². The van der Waals surface area contributed by atoms with E-state index in [9.17, 15) is 9.59 Å². The summed E-state index contributed by atoms with van der Waals surface area (Å²) in [5.74, 6) is -0.161. The molecule has 0 aliphatic rings. The van der Waals surface area contributed by atoms with Crippen molar-refractivity contribution in [3.8, 4) is 5.75 Å². The predicted octanol–water partition coefficient (Wildman–Crippen LogP) is 3.11. The minimum Gasteiger partial charge on any atom is -0.496 e. The molecule has 134 valence electrons. The summed E-state index contributed by atoms with van der Waals surface area (Å²) < 4.78 is 12.1. The van der Waals surface area contributed by atoms with Gasteiger partial charge in [-0.2, -0.15) is 4.99 Å². The fraction of sp³-hybridized carbons (Fsp3) is 0.353. The number of benzene rings is 1. The van der Waals surface area contributed by atoms with Crippen LogP contribution in [0.15, 0.2) is 23.2 Å². The van der Waals surface area contributed by atoms with Gasteiger partial charge in [0.2, 0.25) is 0 Å². The molecule has 1 heterocycles. The molecule has 0 spiro atoms. The average Bonchev–Trinajstić information content (AvgIpc) is 2.88. The molecule has 0 atom stereocenters. The van der Waals surface area contributed by atoms with Gasteiger partial charge in [-0.1, -0.05) is 22.9 Å². The first kappa shape index (κ1) is 19.4. The fourth-order valence-corrected chi connectivity index (χ4v) is 3.56. The lowest BCUT2D eigenvalue weighted by atomic mass is 10.2. The Morgan fingerprint density at radius 2 is 2.04 bits per heavy atom. The smallest absolute Gasteiger partial charge is 0.283 e. The predicted molar refractivity (Wildman–Crippen MR) is 96.8 cm³/mol. The van der Waals surface area contributed by atoms with Gasteiger partial charge in [0.05, 0.1) is 24.2 Å². The third-order valence-electron chi connectivity index (χ3n) is 3.59. The van der Waals surface area contributed by atoms with Crippen LogP contribution in [-0.2, 0) is 11.3 Å². The Morgan fingerprint density at radius 3 is 2.64 bits per heavy atom. The summed E-state index contributed by atoms with van der Waals surface area (Å²) in [6.45, 7) is 4.25. The normalized spacial score (nSPS) is 11.6. The number of amides is 1. The highest BCUT2D eigenvalue weighted by molar-refractivity contribution is 7.11. The summed E-state index contributed by atoms with van der Waals surface area (Å²) in [5, 5.41) is 0.415. The molecule has 6 nitrogen and oxygen atoms in total. The summed E-state index contributed by atoms with van der Waals surface area (Å²) in [7, 11) is 3.06. The lowest BCUT2D eigenvalue weighted by Crippen LogP contribution is -2.21. The molecule has 25 heavy (non-hydrogen) atoms. The van der Waals surface area contributed by atoms with Gasteiger partial charge in [0.25, 0.3) is 5.91 Å². The molecule has 0 saturated heterocycles. The molecule has 0 fully saturated rings. The van der Waals surface area contributed by atoms with Crippen LogP contribution in [0.2, 0.25) is 5.02 Å². The quantitative estimate of drug-likeness (QED) is 0.720. The molecule has 0 saturated carbocycles. The van der Waals surface area contributed by atoms with Crippen LogP contribution in [0.1, 0.15) is 32.6 Å². The second kappa shape index (κ2) is 8.42. The van der Waals surface area contributed by atoms with E-state index in [1.54, 1.807) is 23.8 Å². The molecular formula is C17H19ClN2O4S. The average molecular weight is 383 g/mol. The maximum absolute atomic E-state index is 12.6. The SMILES string of the molecule is COCCn1c(C)c(C(C)=O)sc1=NC(=O)c1cc(Cl)ccc1OC. The molecular weight excluding hydrogens is 364 g/mol. The Kier molecular flexibility index (Phi) is 6.52. The van der Waals surface area contributed by atoms with E-state index in [4.69, 9.17) is 21.1 Å². The number of thiazole rings is 1. The van der Waals surface area contributed by atoms with E-state index in [-0.39, 0.29) is 11.3 Å². The van der Waals surface area contributed by atoms with Crippen molar-refractivity contribution < 1.29 is 19.1 Å². The lowest BCUT2D eigenvalue weighted by Gasteiger charge is -2.07. The molecule has 2 rings (SSSR count). The van der Waals surface area contributed by atoms with Crippen LogP contribution in [0.3, 0.4) is 0 Å². The molecule has 1 amide bonds. The van der Waals surface area contributed by atoms with Crippen LogP contribution in [0, 0.1) is 6.92 Å². The van der Waals surface area contributed by atoms with E-state index in [0.717, 1.165) is 5.69 Å². The van der Waals surface area contributed by atoms with E-state index in [0.29, 0.717) is 33.6 Å². The number of hydrogen-bond acceptors (Lipinski definition) is 5. The molecule has 8 heteroatoms. The fourth-order valence-electron chi connectivity index (χ4n) is 2.34. The van der Waals surface area contributed by atoms with Gasteiger partial charge in [-0.05, 0) is 25.1 Å². The van der Waals surface area contributed by atoms with Crippen LogP contribution in [-0.4, -0.2) is 37.1 Å². The van der Waals surface area contributed by atoms with Gasteiger partial charge in [0.15, 0.2) is 10.6 Å². The number of hydrogen-bond donors (Lipinski definition) is 0. The Balaban J connectivity index is 2.56. The van der Waals surface area contributed by atoms with Crippen molar-refractivity contribution in [2.75, 3.05) is 20.8 Å². The van der Waals surface area contributed by atoms with Crippen molar-refractivity contribution in [1.82, 2.24) is 4.57 Å². The molecule has 2 aromatic rings. The molecule has 0 radical (unpaired) electrons. The third kappa shape index (κ3) is 4.36. The molecule has 1 aromatic carbocycles.